The molecule has 0 unspecified atom stereocenters. The minimum Gasteiger partial charge on any atom is -0.463 e. The third kappa shape index (κ3) is 2.98. The van der Waals surface area contributed by atoms with E-state index in [-0.39, 0.29) is 17.8 Å². The summed E-state index contributed by atoms with van der Waals surface area (Å²) >= 11 is 0. The van der Waals surface area contributed by atoms with Gasteiger partial charge in [-0.2, -0.15) is 4.98 Å². The summed E-state index contributed by atoms with van der Waals surface area (Å²) < 4.78 is 7.35. The number of carbonyl (C=O) groups is 1. The second kappa shape index (κ2) is 6.49. The van der Waals surface area contributed by atoms with Crippen LogP contribution < -0.4 is 11.1 Å². The van der Waals surface area contributed by atoms with Gasteiger partial charge in [-0.1, -0.05) is 18.2 Å². The Morgan fingerprint density at radius 1 is 1.21 bits per heavy atom. The summed E-state index contributed by atoms with van der Waals surface area (Å²) in [6, 6.07) is 11.3. The summed E-state index contributed by atoms with van der Waals surface area (Å²) in [5.74, 6) is 0.956. The largest absolute Gasteiger partial charge is 0.463 e. The van der Waals surface area contributed by atoms with Crippen LogP contribution in [-0.4, -0.2) is 25.4 Å². The predicted molar refractivity (Wildman–Crippen MR) is 104 cm³/mol. The Bertz CT molecular complexity index is 1160. The number of nitrogens with one attached hydrogen (secondary N) is 1. The zero-order chi connectivity index (χ0) is 19.1. The maximum absolute atomic E-state index is 12.2. The van der Waals surface area contributed by atoms with Gasteiger partial charge in [0.1, 0.15) is 11.2 Å². The lowest BCUT2D eigenvalue weighted by atomic mass is 10.1. The Kier molecular flexibility index (Phi) is 3.82. The molecule has 1 saturated carbocycles. The van der Waals surface area contributed by atoms with Gasteiger partial charge < -0.3 is 20.0 Å². The number of hydrogen-bond donors (Lipinski definition) is 2. The van der Waals surface area contributed by atoms with E-state index < -0.39 is 0 Å². The molecule has 1 aliphatic carbocycles. The van der Waals surface area contributed by atoms with Gasteiger partial charge in [0.15, 0.2) is 11.4 Å². The average molecular weight is 374 g/mol. The fourth-order valence-corrected chi connectivity index (χ4v) is 3.21. The predicted octanol–water partition coefficient (Wildman–Crippen LogP) is 3.07. The van der Waals surface area contributed by atoms with E-state index >= 15 is 0 Å². The lowest BCUT2D eigenvalue weighted by Crippen LogP contribution is -2.15. The fourth-order valence-electron chi connectivity index (χ4n) is 3.21. The van der Waals surface area contributed by atoms with Gasteiger partial charge in [0.25, 0.3) is 0 Å². The first-order valence-electron chi connectivity index (χ1n) is 9.10. The van der Waals surface area contributed by atoms with Crippen molar-refractivity contribution in [1.82, 2.24) is 19.5 Å². The molecule has 3 heterocycles. The molecule has 0 radical (unpaired) electrons. The summed E-state index contributed by atoms with van der Waals surface area (Å²) in [6.45, 7) is 0.492. The standard InChI is InChI=1S/C20H18N6O2/c21-20-24-16(15-6-3-9-28-15)17-18(25-20)26(11-22-17)10-13-4-1-2-5-14(13)23-19(27)12-7-8-12/h1-6,9,11-12H,7-8,10H2,(H,23,27)(H2,21,24,25). The van der Waals surface area contributed by atoms with E-state index in [0.717, 1.165) is 24.1 Å². The van der Waals surface area contributed by atoms with Crippen LogP contribution >= 0.6 is 0 Å². The van der Waals surface area contributed by atoms with Crippen molar-refractivity contribution in [3.05, 3.63) is 54.6 Å². The molecular formula is C20H18N6O2. The second-order valence-corrected chi connectivity index (χ2v) is 6.87. The van der Waals surface area contributed by atoms with Gasteiger partial charge in [0.2, 0.25) is 11.9 Å². The fraction of sp³-hybridized carbons (Fsp3) is 0.200. The molecule has 5 rings (SSSR count). The summed E-state index contributed by atoms with van der Waals surface area (Å²) in [5, 5.41) is 3.03. The number of nitrogens with zero attached hydrogens (tertiary/aromatic N) is 4. The van der Waals surface area contributed by atoms with Crippen LogP contribution in [0.3, 0.4) is 0 Å². The van der Waals surface area contributed by atoms with Gasteiger partial charge >= 0.3 is 0 Å². The molecular weight excluding hydrogens is 356 g/mol. The molecule has 8 heteroatoms. The highest BCUT2D eigenvalue weighted by atomic mass is 16.3. The number of amides is 1. The van der Waals surface area contributed by atoms with Crippen LogP contribution in [0.1, 0.15) is 18.4 Å². The van der Waals surface area contributed by atoms with Crippen molar-refractivity contribution in [2.75, 3.05) is 11.1 Å². The van der Waals surface area contributed by atoms with Crippen molar-refractivity contribution < 1.29 is 9.21 Å². The van der Waals surface area contributed by atoms with E-state index in [4.69, 9.17) is 10.2 Å². The van der Waals surface area contributed by atoms with Crippen LogP contribution in [0.5, 0.6) is 0 Å². The van der Waals surface area contributed by atoms with Crippen LogP contribution in [0.15, 0.2) is 53.4 Å². The van der Waals surface area contributed by atoms with Crippen molar-refractivity contribution in [3.8, 4) is 11.5 Å². The lowest BCUT2D eigenvalue weighted by molar-refractivity contribution is -0.117. The molecule has 3 N–H and O–H groups in total. The van der Waals surface area contributed by atoms with Crippen LogP contribution in [0.4, 0.5) is 11.6 Å². The third-order valence-electron chi connectivity index (χ3n) is 4.80. The van der Waals surface area contributed by atoms with E-state index in [2.05, 4.69) is 20.3 Å². The smallest absolute Gasteiger partial charge is 0.227 e. The molecule has 8 nitrogen and oxygen atoms in total. The minimum atomic E-state index is 0.0783. The molecule has 1 fully saturated rings. The van der Waals surface area contributed by atoms with Crippen LogP contribution in [0.2, 0.25) is 0 Å². The first kappa shape index (κ1) is 16.5. The number of para-hydroxylation sites is 1. The highest BCUT2D eigenvalue weighted by molar-refractivity contribution is 5.94. The van der Waals surface area contributed by atoms with Gasteiger partial charge in [0, 0.05) is 11.6 Å². The Balaban J connectivity index is 1.52. The maximum Gasteiger partial charge on any atom is 0.227 e. The number of benzene rings is 1. The molecule has 0 atom stereocenters. The number of carbonyl (C=O) groups excluding carboxylic acids is 1. The molecule has 1 aromatic carbocycles. The lowest BCUT2D eigenvalue weighted by Gasteiger charge is -2.12. The summed E-state index contributed by atoms with van der Waals surface area (Å²) in [6.07, 6.45) is 5.21. The van der Waals surface area contributed by atoms with Crippen LogP contribution in [0, 0.1) is 5.92 Å². The first-order valence-corrected chi connectivity index (χ1v) is 9.10. The highest BCUT2D eigenvalue weighted by Gasteiger charge is 2.30. The second-order valence-electron chi connectivity index (χ2n) is 6.87. The molecule has 0 spiro atoms. The third-order valence-corrected chi connectivity index (χ3v) is 4.80. The zero-order valence-electron chi connectivity index (χ0n) is 15.0. The topological polar surface area (TPSA) is 112 Å². The number of anilines is 2. The van der Waals surface area contributed by atoms with E-state index in [0.29, 0.717) is 29.2 Å². The van der Waals surface area contributed by atoms with Gasteiger partial charge in [-0.05, 0) is 36.6 Å². The summed E-state index contributed by atoms with van der Waals surface area (Å²) in [4.78, 5) is 25.3. The average Bonchev–Trinajstić information content (AvgIpc) is 3.26. The number of furan rings is 1. The number of hydrogen-bond acceptors (Lipinski definition) is 6. The van der Waals surface area contributed by atoms with E-state index in [1.807, 2.05) is 34.9 Å². The van der Waals surface area contributed by atoms with Gasteiger partial charge in [-0.25, -0.2) is 9.97 Å². The quantitative estimate of drug-likeness (QED) is 0.555. The number of aromatic nitrogens is 4. The van der Waals surface area contributed by atoms with Crippen molar-refractivity contribution >= 4 is 28.7 Å². The van der Waals surface area contributed by atoms with Crippen LogP contribution in [-0.2, 0) is 11.3 Å². The molecule has 1 amide bonds. The Hall–Kier alpha value is -3.68. The molecule has 3 aromatic heterocycles. The summed E-state index contributed by atoms with van der Waals surface area (Å²) in [5.41, 5.74) is 9.48. The van der Waals surface area contributed by atoms with E-state index in [9.17, 15) is 4.79 Å². The van der Waals surface area contributed by atoms with Gasteiger partial charge in [-0.3, -0.25) is 4.79 Å². The molecule has 140 valence electrons. The Labute approximate surface area is 160 Å². The number of nitrogens with two attached hydrogens (primary N) is 1. The van der Waals surface area contributed by atoms with Crippen molar-refractivity contribution in [2.24, 2.45) is 5.92 Å². The number of rotatable bonds is 5. The molecule has 0 bridgehead atoms. The number of imidazole rings is 1. The highest BCUT2D eigenvalue weighted by Crippen LogP contribution is 2.31. The molecule has 4 aromatic rings. The van der Waals surface area contributed by atoms with Gasteiger partial charge in [0.05, 0.1) is 19.1 Å². The van der Waals surface area contributed by atoms with Crippen molar-refractivity contribution in [1.29, 1.82) is 0 Å². The van der Waals surface area contributed by atoms with Crippen molar-refractivity contribution in [2.45, 2.75) is 19.4 Å². The molecule has 1 aliphatic rings. The first-order chi connectivity index (χ1) is 13.7. The summed E-state index contributed by atoms with van der Waals surface area (Å²) in [7, 11) is 0. The van der Waals surface area contributed by atoms with E-state index in [1.165, 1.54) is 0 Å². The zero-order valence-corrected chi connectivity index (χ0v) is 15.0. The molecule has 28 heavy (non-hydrogen) atoms. The number of nitrogen functional groups attached to an aromatic ring is 1. The normalized spacial score (nSPS) is 13.7. The van der Waals surface area contributed by atoms with Crippen LogP contribution in [0.25, 0.3) is 22.6 Å². The SMILES string of the molecule is Nc1nc(-c2ccco2)c2ncn(Cc3ccccc3NC(=O)C3CC3)c2n1. The monoisotopic (exact) mass is 374 g/mol. The maximum atomic E-state index is 12.2. The van der Waals surface area contributed by atoms with Gasteiger partial charge in [-0.15, -0.1) is 0 Å². The Morgan fingerprint density at radius 2 is 2.07 bits per heavy atom. The molecule has 0 aliphatic heterocycles. The minimum absolute atomic E-state index is 0.0783. The van der Waals surface area contributed by atoms with E-state index in [1.54, 1.807) is 18.7 Å². The van der Waals surface area contributed by atoms with Crippen molar-refractivity contribution in [3.63, 3.8) is 0 Å². The Morgan fingerprint density at radius 3 is 2.86 bits per heavy atom. The number of fused-ring (bicyclic) bond motifs is 1. The molecule has 0 saturated heterocycles.